The molecular weight excluding hydrogens is 391 g/mol. The second-order valence-corrected chi connectivity index (χ2v) is 7.24. The number of benzene rings is 1. The quantitative estimate of drug-likeness (QED) is 0.601. The maximum atomic E-state index is 14.1. The highest BCUT2D eigenvalue weighted by atomic mass is 19.1. The summed E-state index contributed by atoms with van der Waals surface area (Å²) in [5, 5.41) is 4.77. The van der Waals surface area contributed by atoms with Crippen LogP contribution < -0.4 is 9.64 Å². The standard InChI is InChI=1S/C20H25FN6O3/c1-13(28-2)19-24-18(30-25-19)11-26-5-4-6-27(8-7-26)20-14-9-17(29-3)15(21)10-16(14)22-12-23-20/h9-10,12-13H,4-8,11H2,1-3H3. The molecule has 9 nitrogen and oxygen atoms in total. The molecule has 0 amide bonds. The Bertz CT molecular complexity index is 1010. The summed E-state index contributed by atoms with van der Waals surface area (Å²) in [7, 11) is 3.07. The molecule has 3 aromatic rings. The fraction of sp³-hybridized carbons (Fsp3) is 0.500. The first-order valence-electron chi connectivity index (χ1n) is 9.90. The Morgan fingerprint density at radius 2 is 2.03 bits per heavy atom. The Hall–Kier alpha value is -2.85. The van der Waals surface area contributed by atoms with Gasteiger partial charge in [-0.15, -0.1) is 0 Å². The average molecular weight is 416 g/mol. The van der Waals surface area contributed by atoms with Crippen LogP contribution in [0.5, 0.6) is 5.75 Å². The van der Waals surface area contributed by atoms with Crippen LogP contribution in [0.2, 0.25) is 0 Å². The predicted octanol–water partition coefficient (Wildman–Crippen LogP) is 2.58. The number of aromatic nitrogens is 4. The maximum absolute atomic E-state index is 14.1. The summed E-state index contributed by atoms with van der Waals surface area (Å²) in [5.74, 6) is 1.67. The zero-order valence-corrected chi connectivity index (χ0v) is 17.3. The normalized spacial score (nSPS) is 16.6. The minimum Gasteiger partial charge on any atom is -0.494 e. The summed E-state index contributed by atoms with van der Waals surface area (Å²) in [6.45, 7) is 5.77. The van der Waals surface area contributed by atoms with E-state index in [9.17, 15) is 4.39 Å². The molecule has 3 heterocycles. The second kappa shape index (κ2) is 8.88. The van der Waals surface area contributed by atoms with Gasteiger partial charge in [-0.3, -0.25) is 4.90 Å². The highest BCUT2D eigenvalue weighted by Gasteiger charge is 2.21. The Morgan fingerprint density at radius 3 is 2.83 bits per heavy atom. The van der Waals surface area contributed by atoms with Crippen molar-refractivity contribution >= 4 is 16.7 Å². The lowest BCUT2D eigenvalue weighted by molar-refractivity contribution is 0.109. The van der Waals surface area contributed by atoms with Crippen molar-refractivity contribution in [3.05, 3.63) is 36.0 Å². The van der Waals surface area contributed by atoms with Gasteiger partial charge in [-0.25, -0.2) is 14.4 Å². The molecule has 1 saturated heterocycles. The van der Waals surface area contributed by atoms with Crippen LogP contribution in [0.3, 0.4) is 0 Å². The molecule has 10 heteroatoms. The van der Waals surface area contributed by atoms with E-state index in [4.69, 9.17) is 14.0 Å². The second-order valence-electron chi connectivity index (χ2n) is 7.24. The smallest absolute Gasteiger partial charge is 0.240 e. The maximum Gasteiger partial charge on any atom is 0.240 e. The van der Waals surface area contributed by atoms with E-state index in [1.54, 1.807) is 13.2 Å². The number of fused-ring (bicyclic) bond motifs is 1. The van der Waals surface area contributed by atoms with Crippen molar-refractivity contribution < 1.29 is 18.4 Å². The summed E-state index contributed by atoms with van der Waals surface area (Å²) in [4.78, 5) is 17.6. The van der Waals surface area contributed by atoms with E-state index in [-0.39, 0.29) is 11.9 Å². The van der Waals surface area contributed by atoms with Gasteiger partial charge in [-0.1, -0.05) is 5.16 Å². The number of halogens is 1. The van der Waals surface area contributed by atoms with Crippen LogP contribution in [0, 0.1) is 5.82 Å². The van der Waals surface area contributed by atoms with Crippen LogP contribution >= 0.6 is 0 Å². The Kier molecular flexibility index (Phi) is 6.05. The monoisotopic (exact) mass is 416 g/mol. The molecule has 30 heavy (non-hydrogen) atoms. The summed E-state index contributed by atoms with van der Waals surface area (Å²) >= 11 is 0. The van der Waals surface area contributed by atoms with Gasteiger partial charge in [0, 0.05) is 44.7 Å². The van der Waals surface area contributed by atoms with Gasteiger partial charge in [0.15, 0.2) is 17.4 Å². The number of hydrogen-bond acceptors (Lipinski definition) is 9. The van der Waals surface area contributed by atoms with Crippen molar-refractivity contribution in [2.24, 2.45) is 0 Å². The molecule has 1 atom stereocenters. The van der Waals surface area contributed by atoms with Crippen LogP contribution in [0.15, 0.2) is 23.0 Å². The van der Waals surface area contributed by atoms with Crippen LogP contribution in [0.25, 0.3) is 10.9 Å². The van der Waals surface area contributed by atoms with Gasteiger partial charge >= 0.3 is 0 Å². The number of ether oxygens (including phenoxy) is 2. The van der Waals surface area contributed by atoms with E-state index in [1.165, 1.54) is 19.5 Å². The largest absolute Gasteiger partial charge is 0.494 e. The molecule has 1 aliphatic heterocycles. The molecular formula is C20H25FN6O3. The van der Waals surface area contributed by atoms with Gasteiger partial charge in [-0.2, -0.15) is 4.98 Å². The third-order valence-corrected chi connectivity index (χ3v) is 5.34. The zero-order valence-electron chi connectivity index (χ0n) is 17.3. The minimum atomic E-state index is -0.432. The Balaban J connectivity index is 1.49. The molecule has 0 aliphatic carbocycles. The number of methoxy groups -OCH3 is 2. The van der Waals surface area contributed by atoms with E-state index < -0.39 is 5.82 Å². The van der Waals surface area contributed by atoms with E-state index in [2.05, 4.69) is 29.9 Å². The lowest BCUT2D eigenvalue weighted by Gasteiger charge is -2.23. The third-order valence-electron chi connectivity index (χ3n) is 5.34. The summed E-state index contributed by atoms with van der Waals surface area (Å²) in [5.41, 5.74) is 0.560. The van der Waals surface area contributed by atoms with Gasteiger partial charge in [0.2, 0.25) is 5.89 Å². The average Bonchev–Trinajstić information content (AvgIpc) is 3.10. The molecule has 0 N–H and O–H groups in total. The number of anilines is 1. The first-order chi connectivity index (χ1) is 14.6. The van der Waals surface area contributed by atoms with Crippen molar-refractivity contribution in [1.82, 2.24) is 25.0 Å². The molecule has 1 aromatic carbocycles. The topological polar surface area (TPSA) is 89.6 Å². The first kappa shape index (κ1) is 20.4. The summed E-state index contributed by atoms with van der Waals surface area (Å²) in [6, 6.07) is 3.05. The van der Waals surface area contributed by atoms with Crippen molar-refractivity contribution in [2.45, 2.75) is 26.0 Å². The number of rotatable bonds is 6. The molecule has 160 valence electrons. The van der Waals surface area contributed by atoms with E-state index in [0.717, 1.165) is 43.8 Å². The van der Waals surface area contributed by atoms with E-state index in [0.29, 0.717) is 23.8 Å². The lowest BCUT2D eigenvalue weighted by Crippen LogP contribution is -2.31. The van der Waals surface area contributed by atoms with Gasteiger partial charge < -0.3 is 18.9 Å². The molecule has 1 unspecified atom stereocenters. The van der Waals surface area contributed by atoms with Gasteiger partial charge in [-0.05, 0) is 19.4 Å². The zero-order chi connectivity index (χ0) is 21.1. The molecule has 1 fully saturated rings. The molecule has 4 rings (SSSR count). The Labute approximate surface area is 173 Å². The van der Waals surface area contributed by atoms with Crippen LogP contribution in [0.1, 0.15) is 31.2 Å². The predicted molar refractivity (Wildman–Crippen MR) is 108 cm³/mol. The molecule has 0 spiro atoms. The highest BCUT2D eigenvalue weighted by molar-refractivity contribution is 5.90. The van der Waals surface area contributed by atoms with Crippen molar-refractivity contribution in [2.75, 3.05) is 45.3 Å². The molecule has 0 saturated carbocycles. The summed E-state index contributed by atoms with van der Waals surface area (Å²) in [6.07, 6.45) is 2.22. The lowest BCUT2D eigenvalue weighted by atomic mass is 10.2. The summed E-state index contributed by atoms with van der Waals surface area (Å²) < 4.78 is 29.8. The van der Waals surface area contributed by atoms with Crippen molar-refractivity contribution in [3.8, 4) is 5.75 Å². The van der Waals surface area contributed by atoms with Gasteiger partial charge in [0.25, 0.3) is 0 Å². The van der Waals surface area contributed by atoms with E-state index >= 15 is 0 Å². The molecule has 0 radical (unpaired) electrons. The van der Waals surface area contributed by atoms with Crippen LogP contribution in [0.4, 0.5) is 10.2 Å². The third kappa shape index (κ3) is 4.19. The fourth-order valence-electron chi connectivity index (χ4n) is 3.59. The molecule has 0 bridgehead atoms. The van der Waals surface area contributed by atoms with Gasteiger partial charge in [0.05, 0.1) is 19.2 Å². The Morgan fingerprint density at radius 1 is 1.17 bits per heavy atom. The minimum absolute atomic E-state index is 0.187. The van der Waals surface area contributed by atoms with Gasteiger partial charge in [0.1, 0.15) is 18.2 Å². The van der Waals surface area contributed by atoms with Crippen LogP contribution in [-0.4, -0.2) is 65.4 Å². The molecule has 2 aromatic heterocycles. The highest BCUT2D eigenvalue weighted by Crippen LogP contribution is 2.29. The van der Waals surface area contributed by atoms with Crippen LogP contribution in [-0.2, 0) is 11.3 Å². The number of hydrogen-bond donors (Lipinski definition) is 0. The van der Waals surface area contributed by atoms with Crippen molar-refractivity contribution in [1.29, 1.82) is 0 Å². The van der Waals surface area contributed by atoms with E-state index in [1.807, 2.05) is 6.92 Å². The first-order valence-corrected chi connectivity index (χ1v) is 9.90. The SMILES string of the molecule is COc1cc2c(N3CCCN(Cc4nc(C(C)OC)no4)CC3)ncnc2cc1F. The van der Waals surface area contributed by atoms with Crippen molar-refractivity contribution in [3.63, 3.8) is 0 Å². The fourth-order valence-corrected chi connectivity index (χ4v) is 3.59. The number of nitrogens with zero attached hydrogens (tertiary/aromatic N) is 6. The molecule has 1 aliphatic rings.